The molecule has 18 heavy (non-hydrogen) atoms. The molecule has 0 saturated heterocycles. The van der Waals surface area contributed by atoms with Gasteiger partial charge in [0.15, 0.2) is 0 Å². The van der Waals surface area contributed by atoms with Crippen LogP contribution in [0.2, 0.25) is 0 Å². The minimum Gasteiger partial charge on any atom is -0.351 e. The van der Waals surface area contributed by atoms with Gasteiger partial charge in [-0.1, -0.05) is 47.8 Å². The summed E-state index contributed by atoms with van der Waals surface area (Å²) >= 11 is 10.3. The summed E-state index contributed by atoms with van der Waals surface area (Å²) in [5.41, 5.74) is 1.04. The molecule has 0 atom stereocenters. The Hall–Kier alpha value is 0.130. The summed E-state index contributed by atoms with van der Waals surface area (Å²) < 4.78 is 1.81. The Morgan fingerprint density at radius 2 is 1.83 bits per heavy atom. The Balaban J connectivity index is 1.95. The van der Waals surface area contributed by atoms with Crippen molar-refractivity contribution in [2.24, 2.45) is 5.41 Å². The fourth-order valence-electron chi connectivity index (χ4n) is 1.95. The molecular formula is C13H14Br3NO. The van der Waals surface area contributed by atoms with Crippen molar-refractivity contribution >= 4 is 53.7 Å². The lowest BCUT2D eigenvalue weighted by atomic mass is 10.0. The van der Waals surface area contributed by atoms with Gasteiger partial charge in [0.2, 0.25) is 0 Å². The number of amides is 1. The van der Waals surface area contributed by atoms with Crippen LogP contribution in [0.3, 0.4) is 0 Å². The highest BCUT2D eigenvalue weighted by Gasteiger charge is 2.41. The van der Waals surface area contributed by atoms with Crippen molar-refractivity contribution in [1.29, 1.82) is 0 Å². The number of nitrogens with one attached hydrogen (secondary N) is 1. The van der Waals surface area contributed by atoms with Crippen LogP contribution in [0, 0.1) is 5.41 Å². The second-order valence-corrected chi connectivity index (χ2v) is 7.40. The molecule has 1 fully saturated rings. The first-order valence-corrected chi connectivity index (χ1v) is 8.56. The van der Waals surface area contributed by atoms with Crippen LogP contribution in [0.4, 0.5) is 0 Å². The Morgan fingerprint density at radius 1 is 1.22 bits per heavy atom. The highest BCUT2D eigenvalue weighted by atomic mass is 79.9. The summed E-state index contributed by atoms with van der Waals surface area (Å²) in [5.74, 6) is -0.00199. The lowest BCUT2D eigenvalue weighted by Gasteiger charge is -2.14. The zero-order valence-corrected chi connectivity index (χ0v) is 14.6. The first kappa shape index (κ1) is 14.5. The largest absolute Gasteiger partial charge is 0.351 e. The van der Waals surface area contributed by atoms with Crippen molar-refractivity contribution in [2.45, 2.75) is 19.3 Å². The van der Waals surface area contributed by atoms with E-state index in [-0.39, 0.29) is 5.91 Å². The minimum atomic E-state index is -0.00199. The van der Waals surface area contributed by atoms with Gasteiger partial charge in [-0.3, -0.25) is 4.79 Å². The summed E-state index contributed by atoms with van der Waals surface area (Å²) in [6.45, 7) is 0.779. The van der Waals surface area contributed by atoms with Crippen LogP contribution in [0.5, 0.6) is 0 Å². The molecule has 5 heteroatoms. The van der Waals surface area contributed by atoms with Gasteiger partial charge >= 0.3 is 0 Å². The quantitative estimate of drug-likeness (QED) is 0.672. The third kappa shape index (κ3) is 3.81. The number of alkyl halides is 1. The first-order valence-electron chi connectivity index (χ1n) is 5.85. The van der Waals surface area contributed by atoms with Gasteiger partial charge in [0.1, 0.15) is 0 Å². The number of carbonyl (C=O) groups is 1. The van der Waals surface area contributed by atoms with Gasteiger partial charge in [-0.15, -0.1) is 0 Å². The van der Waals surface area contributed by atoms with Crippen molar-refractivity contribution in [2.75, 3.05) is 11.9 Å². The van der Waals surface area contributed by atoms with E-state index in [0.29, 0.717) is 11.0 Å². The summed E-state index contributed by atoms with van der Waals surface area (Å²) in [6, 6.07) is 5.60. The fourth-order valence-corrected chi connectivity index (χ4v) is 4.08. The molecule has 1 amide bonds. The number of rotatable bonds is 5. The number of hydrogen-bond donors (Lipinski definition) is 1. The smallest absolute Gasteiger partial charge is 0.251 e. The molecule has 2 rings (SSSR count). The highest BCUT2D eigenvalue weighted by molar-refractivity contribution is 9.11. The molecule has 0 aliphatic heterocycles. The maximum absolute atomic E-state index is 12.1. The van der Waals surface area contributed by atoms with E-state index in [0.717, 1.165) is 27.2 Å². The van der Waals surface area contributed by atoms with E-state index >= 15 is 0 Å². The average molecular weight is 440 g/mol. The molecule has 1 aromatic rings. The van der Waals surface area contributed by atoms with E-state index in [2.05, 4.69) is 53.1 Å². The number of halogens is 3. The van der Waals surface area contributed by atoms with Gasteiger partial charge in [0, 0.05) is 26.4 Å². The van der Waals surface area contributed by atoms with E-state index < -0.39 is 0 Å². The molecule has 0 radical (unpaired) electrons. The minimum absolute atomic E-state index is 0.00199. The van der Waals surface area contributed by atoms with Crippen LogP contribution in [0.15, 0.2) is 27.1 Å². The van der Waals surface area contributed by atoms with Crippen LogP contribution in [0.25, 0.3) is 0 Å². The van der Waals surface area contributed by atoms with Crippen LogP contribution >= 0.6 is 47.8 Å². The molecule has 0 aromatic heterocycles. The monoisotopic (exact) mass is 437 g/mol. The summed E-state index contributed by atoms with van der Waals surface area (Å²) in [5, 5.41) is 4.04. The molecule has 0 bridgehead atoms. The van der Waals surface area contributed by atoms with Crippen molar-refractivity contribution in [3.8, 4) is 0 Å². The van der Waals surface area contributed by atoms with Crippen molar-refractivity contribution in [1.82, 2.24) is 5.32 Å². The second kappa shape index (κ2) is 6.06. The topological polar surface area (TPSA) is 29.1 Å². The first-order chi connectivity index (χ1) is 8.54. The molecular weight excluding hydrogens is 426 g/mol. The van der Waals surface area contributed by atoms with E-state index in [1.165, 1.54) is 12.8 Å². The van der Waals surface area contributed by atoms with E-state index in [1.807, 2.05) is 18.2 Å². The van der Waals surface area contributed by atoms with Gasteiger partial charge in [-0.05, 0) is 42.9 Å². The SMILES string of the molecule is O=C(NCC1(CCBr)CC1)c1cc(Br)cc(Br)c1. The van der Waals surface area contributed by atoms with Crippen LogP contribution < -0.4 is 5.32 Å². The summed E-state index contributed by atoms with van der Waals surface area (Å²) in [6.07, 6.45) is 3.58. The lowest BCUT2D eigenvalue weighted by Crippen LogP contribution is -2.30. The zero-order chi connectivity index (χ0) is 13.2. The molecule has 1 saturated carbocycles. The second-order valence-electron chi connectivity index (χ2n) is 4.78. The van der Waals surface area contributed by atoms with Crippen LogP contribution in [0.1, 0.15) is 29.6 Å². The molecule has 1 aromatic carbocycles. The van der Waals surface area contributed by atoms with E-state index in [4.69, 9.17) is 0 Å². The predicted molar refractivity (Wildman–Crippen MR) is 84.3 cm³/mol. The highest BCUT2D eigenvalue weighted by Crippen LogP contribution is 2.48. The number of hydrogen-bond acceptors (Lipinski definition) is 1. The van der Waals surface area contributed by atoms with Gasteiger partial charge < -0.3 is 5.32 Å². The molecule has 1 N–H and O–H groups in total. The molecule has 98 valence electrons. The molecule has 1 aliphatic rings. The Labute approximate surface area is 132 Å². The van der Waals surface area contributed by atoms with E-state index in [1.54, 1.807) is 0 Å². The predicted octanol–water partition coefficient (Wildman–Crippen LogP) is 4.51. The third-order valence-electron chi connectivity index (χ3n) is 3.33. The molecule has 1 aliphatic carbocycles. The molecule has 2 nitrogen and oxygen atoms in total. The third-order valence-corrected chi connectivity index (χ3v) is 4.64. The van der Waals surface area contributed by atoms with Crippen molar-refractivity contribution in [3.05, 3.63) is 32.7 Å². The Bertz CT molecular complexity index is 437. The maximum atomic E-state index is 12.1. The molecule has 0 spiro atoms. The normalized spacial score (nSPS) is 16.4. The standard InChI is InChI=1S/C13H14Br3NO/c14-4-3-13(1-2-13)8-17-12(18)9-5-10(15)7-11(16)6-9/h5-7H,1-4,8H2,(H,17,18). The zero-order valence-electron chi connectivity index (χ0n) is 9.81. The molecule has 0 unspecified atom stereocenters. The summed E-state index contributed by atoms with van der Waals surface area (Å²) in [7, 11) is 0. The van der Waals surface area contributed by atoms with Gasteiger partial charge in [0.05, 0.1) is 0 Å². The van der Waals surface area contributed by atoms with Gasteiger partial charge in [0.25, 0.3) is 5.91 Å². The van der Waals surface area contributed by atoms with Crippen molar-refractivity contribution < 1.29 is 4.79 Å². The maximum Gasteiger partial charge on any atom is 0.251 e. The Kier molecular flexibility index (Phi) is 4.89. The number of benzene rings is 1. The lowest BCUT2D eigenvalue weighted by molar-refractivity contribution is 0.0944. The van der Waals surface area contributed by atoms with Crippen LogP contribution in [-0.2, 0) is 0 Å². The van der Waals surface area contributed by atoms with Gasteiger partial charge in [-0.25, -0.2) is 0 Å². The van der Waals surface area contributed by atoms with Gasteiger partial charge in [-0.2, -0.15) is 0 Å². The fraction of sp³-hybridized carbons (Fsp3) is 0.462. The summed E-state index contributed by atoms with van der Waals surface area (Å²) in [4.78, 5) is 12.1. The van der Waals surface area contributed by atoms with Crippen LogP contribution in [-0.4, -0.2) is 17.8 Å². The Morgan fingerprint density at radius 3 is 2.33 bits per heavy atom. The number of carbonyl (C=O) groups excluding carboxylic acids is 1. The average Bonchev–Trinajstić information content (AvgIpc) is 3.06. The molecule has 0 heterocycles. The van der Waals surface area contributed by atoms with E-state index in [9.17, 15) is 4.79 Å². The van der Waals surface area contributed by atoms with Crippen molar-refractivity contribution in [3.63, 3.8) is 0 Å².